The van der Waals surface area contributed by atoms with Crippen LogP contribution in [0.4, 0.5) is 17.1 Å². The molecule has 0 bridgehead atoms. The minimum absolute atomic E-state index is 0.566. The van der Waals surface area contributed by atoms with Crippen LogP contribution in [0.25, 0.3) is 60.9 Å². The van der Waals surface area contributed by atoms with Crippen LogP contribution in [-0.4, -0.2) is 4.57 Å². The van der Waals surface area contributed by atoms with Crippen LogP contribution in [0.15, 0.2) is 267 Å². The monoisotopic (exact) mass is 888 g/mol. The van der Waals surface area contributed by atoms with Crippen molar-refractivity contribution in [3.05, 3.63) is 311 Å². The minimum Gasteiger partial charge on any atom is -0.310 e. The van der Waals surface area contributed by atoms with Gasteiger partial charge in [0.25, 0.3) is 0 Å². The van der Waals surface area contributed by atoms with Gasteiger partial charge >= 0.3 is 0 Å². The fraction of sp³-hybridized carbons (Fsp3) is 0.0294. The molecule has 1 aliphatic heterocycles. The normalized spacial score (nSPS) is 13.9. The number of benzene rings is 11. The van der Waals surface area contributed by atoms with Gasteiger partial charge in [0.05, 0.1) is 33.2 Å². The van der Waals surface area contributed by atoms with E-state index >= 15 is 0 Å². The van der Waals surface area contributed by atoms with Gasteiger partial charge in [0.15, 0.2) is 0 Å². The number of para-hydroxylation sites is 3. The summed E-state index contributed by atoms with van der Waals surface area (Å²) in [6.07, 6.45) is 0. The van der Waals surface area contributed by atoms with Crippen LogP contribution in [0.1, 0.15) is 44.5 Å². The Labute approximate surface area is 407 Å². The van der Waals surface area contributed by atoms with Crippen molar-refractivity contribution in [3.8, 4) is 39.1 Å². The Balaban J connectivity index is 1.09. The first-order chi connectivity index (χ1) is 34.8. The Hall–Kier alpha value is -8.98. The molecule has 12 aromatic rings. The van der Waals surface area contributed by atoms with E-state index in [1.165, 1.54) is 99.8 Å². The molecular formula is C68H44N2. The van der Waals surface area contributed by atoms with E-state index < -0.39 is 10.8 Å². The molecule has 15 rings (SSSR count). The number of rotatable bonds is 6. The molecule has 0 saturated heterocycles. The van der Waals surface area contributed by atoms with Gasteiger partial charge in [0.1, 0.15) is 0 Å². The lowest BCUT2D eigenvalue weighted by atomic mass is 9.65. The zero-order valence-corrected chi connectivity index (χ0v) is 38.3. The molecule has 0 amide bonds. The van der Waals surface area contributed by atoms with Gasteiger partial charge in [-0.05, 0) is 115 Å². The van der Waals surface area contributed by atoms with E-state index in [2.05, 4.69) is 276 Å². The van der Waals surface area contributed by atoms with E-state index in [1.54, 1.807) is 0 Å². The van der Waals surface area contributed by atoms with Gasteiger partial charge < -0.3 is 9.47 Å². The van der Waals surface area contributed by atoms with E-state index in [4.69, 9.17) is 0 Å². The Morgan fingerprint density at radius 2 is 0.786 bits per heavy atom. The molecule has 2 heteroatoms. The fourth-order valence-electron chi connectivity index (χ4n) is 13.2. The van der Waals surface area contributed by atoms with Crippen molar-refractivity contribution < 1.29 is 0 Å². The first kappa shape index (κ1) is 39.1. The van der Waals surface area contributed by atoms with Crippen LogP contribution >= 0.6 is 0 Å². The Morgan fingerprint density at radius 3 is 1.44 bits per heavy atom. The average molecular weight is 889 g/mol. The molecule has 2 aliphatic carbocycles. The van der Waals surface area contributed by atoms with Gasteiger partial charge in [0, 0.05) is 27.7 Å². The van der Waals surface area contributed by atoms with Crippen molar-refractivity contribution in [1.82, 2.24) is 4.57 Å². The maximum absolute atomic E-state index is 2.56. The van der Waals surface area contributed by atoms with E-state index in [0.29, 0.717) is 0 Å². The molecule has 2 nitrogen and oxygen atoms in total. The molecule has 3 aliphatic rings. The van der Waals surface area contributed by atoms with Gasteiger partial charge in [-0.15, -0.1) is 0 Å². The molecule has 1 aromatic heterocycles. The average Bonchev–Trinajstić information content (AvgIpc) is 4.04. The molecule has 11 aromatic carbocycles. The van der Waals surface area contributed by atoms with Gasteiger partial charge in [-0.2, -0.15) is 0 Å². The number of aromatic nitrogens is 1. The van der Waals surface area contributed by atoms with E-state index in [-0.39, 0.29) is 0 Å². The zero-order chi connectivity index (χ0) is 46.0. The second-order valence-corrected chi connectivity index (χ2v) is 19.1. The molecule has 0 radical (unpaired) electrons. The number of nitrogens with zero attached hydrogens (tertiary/aromatic N) is 2. The molecule has 1 spiro atoms. The van der Waals surface area contributed by atoms with Gasteiger partial charge in [-0.25, -0.2) is 0 Å². The van der Waals surface area contributed by atoms with Crippen molar-refractivity contribution in [2.45, 2.75) is 10.8 Å². The molecule has 2 heterocycles. The fourth-order valence-corrected chi connectivity index (χ4v) is 13.2. The lowest BCUT2D eigenvalue weighted by Crippen LogP contribution is -2.33. The second kappa shape index (κ2) is 14.8. The first-order valence-electron chi connectivity index (χ1n) is 24.4. The van der Waals surface area contributed by atoms with Crippen molar-refractivity contribution in [2.24, 2.45) is 0 Å². The van der Waals surface area contributed by atoms with Crippen LogP contribution in [-0.2, 0) is 10.8 Å². The maximum atomic E-state index is 2.56. The standard InChI is InChI=1S/C68H44N2/c1-4-22-45(23-5-1)50-28-13-19-37-63(50)69(48-40-41-54-53-31-10-15-33-57(53)67(61(54)43-48,46-24-6-2-7-25-46)47-26-8-3-9-27-47)49-42-56-55-32-14-20-38-64(55)70-65-39-21-18-36-60(65)68(62(44-49)66(56)70)58-34-16-11-29-51(58)52-30-12-17-35-59(52)68/h1-44H. The summed E-state index contributed by atoms with van der Waals surface area (Å²) >= 11 is 0. The Bertz CT molecular complexity index is 3980. The molecule has 0 atom stereocenters. The van der Waals surface area contributed by atoms with Gasteiger partial charge in [-0.1, -0.05) is 224 Å². The Kier molecular flexibility index (Phi) is 8.24. The highest BCUT2D eigenvalue weighted by molar-refractivity contribution is 6.14. The molecule has 0 fully saturated rings. The number of fused-ring (bicyclic) bond motifs is 15. The minimum atomic E-state index is -0.595. The van der Waals surface area contributed by atoms with Crippen LogP contribution in [0, 0.1) is 0 Å². The van der Waals surface area contributed by atoms with Gasteiger partial charge in [-0.3, -0.25) is 0 Å². The third kappa shape index (κ3) is 5.07. The smallest absolute Gasteiger partial charge is 0.0755 e. The highest BCUT2D eigenvalue weighted by Crippen LogP contribution is 2.63. The molecule has 0 saturated carbocycles. The number of anilines is 3. The molecular weight excluding hydrogens is 845 g/mol. The quantitative estimate of drug-likeness (QED) is 0.161. The maximum Gasteiger partial charge on any atom is 0.0755 e. The summed E-state index contributed by atoms with van der Waals surface area (Å²) in [7, 11) is 0. The van der Waals surface area contributed by atoms with Crippen LogP contribution < -0.4 is 4.90 Å². The summed E-state index contributed by atoms with van der Waals surface area (Å²) < 4.78 is 2.55. The number of hydrogen-bond acceptors (Lipinski definition) is 1. The third-order valence-corrected chi connectivity index (χ3v) is 15.8. The van der Waals surface area contributed by atoms with Gasteiger partial charge in [0.2, 0.25) is 0 Å². The lowest BCUT2D eigenvalue weighted by Gasteiger charge is -2.40. The summed E-state index contributed by atoms with van der Waals surface area (Å²) in [6, 6.07) is 100. The summed E-state index contributed by atoms with van der Waals surface area (Å²) in [5.41, 5.74) is 23.6. The molecule has 0 N–H and O–H groups in total. The first-order valence-corrected chi connectivity index (χ1v) is 24.4. The van der Waals surface area contributed by atoms with E-state index in [9.17, 15) is 0 Å². The lowest BCUT2D eigenvalue weighted by molar-refractivity contribution is 0.748. The topological polar surface area (TPSA) is 8.17 Å². The summed E-state index contributed by atoms with van der Waals surface area (Å²) in [5.74, 6) is 0. The molecule has 326 valence electrons. The summed E-state index contributed by atoms with van der Waals surface area (Å²) in [4.78, 5) is 2.56. The van der Waals surface area contributed by atoms with Crippen LogP contribution in [0.3, 0.4) is 0 Å². The zero-order valence-electron chi connectivity index (χ0n) is 38.3. The number of hydrogen-bond donors (Lipinski definition) is 0. The summed E-state index contributed by atoms with van der Waals surface area (Å²) in [5, 5.41) is 2.47. The van der Waals surface area contributed by atoms with Crippen LogP contribution in [0.5, 0.6) is 0 Å². The van der Waals surface area contributed by atoms with Crippen molar-refractivity contribution in [1.29, 1.82) is 0 Å². The highest BCUT2D eigenvalue weighted by atomic mass is 15.1. The van der Waals surface area contributed by atoms with Crippen molar-refractivity contribution in [3.63, 3.8) is 0 Å². The molecule has 70 heavy (non-hydrogen) atoms. The predicted octanol–water partition coefficient (Wildman–Crippen LogP) is 17.0. The highest BCUT2D eigenvalue weighted by Gasteiger charge is 2.51. The predicted molar refractivity (Wildman–Crippen MR) is 289 cm³/mol. The largest absolute Gasteiger partial charge is 0.310 e. The summed E-state index contributed by atoms with van der Waals surface area (Å²) in [6.45, 7) is 0. The van der Waals surface area contributed by atoms with Crippen LogP contribution in [0.2, 0.25) is 0 Å². The van der Waals surface area contributed by atoms with E-state index in [1.807, 2.05) is 0 Å². The SMILES string of the molecule is c1ccc(-c2ccccc2N(c2ccc3c(c2)C(c2ccccc2)(c2ccccc2)c2ccccc2-3)c2cc3c4c(c2)c2ccccc2n4-c2ccccc2C32c3ccccc3-c3ccccc32)cc1. The van der Waals surface area contributed by atoms with Crippen molar-refractivity contribution in [2.75, 3.05) is 4.90 Å². The molecule has 0 unspecified atom stereocenters. The van der Waals surface area contributed by atoms with Crippen molar-refractivity contribution >= 4 is 38.9 Å². The van der Waals surface area contributed by atoms with E-state index in [0.717, 1.165) is 22.6 Å². The second-order valence-electron chi connectivity index (χ2n) is 19.1. The third-order valence-electron chi connectivity index (χ3n) is 15.8. The Morgan fingerprint density at radius 1 is 0.300 bits per heavy atom.